The van der Waals surface area contributed by atoms with Crippen molar-refractivity contribution in [3.63, 3.8) is 0 Å². The molecule has 7 nitrogen and oxygen atoms in total. The summed E-state index contributed by atoms with van der Waals surface area (Å²) in [5, 5.41) is 5.68. The third kappa shape index (κ3) is 7.84. The van der Waals surface area contributed by atoms with E-state index < -0.39 is 29.3 Å². The molecular formula is C25H41N3O4. The number of nitrogens with one attached hydrogen (secondary N) is 2. The molecule has 0 spiro atoms. The average molecular weight is 448 g/mol. The summed E-state index contributed by atoms with van der Waals surface area (Å²) in [6, 6.07) is 4.03. The number of alkyl carbamates (subject to hydrolysis) is 1. The molecule has 2 unspecified atom stereocenters. The highest BCUT2D eigenvalue weighted by Crippen LogP contribution is 2.27. The minimum absolute atomic E-state index is 0.206. The van der Waals surface area contributed by atoms with Crippen molar-refractivity contribution in [2.24, 2.45) is 5.92 Å². The first kappa shape index (κ1) is 27.5. The summed E-state index contributed by atoms with van der Waals surface area (Å²) in [4.78, 5) is 40.7. The van der Waals surface area contributed by atoms with Gasteiger partial charge in [-0.25, -0.2) is 4.79 Å². The van der Waals surface area contributed by atoms with E-state index in [1.54, 1.807) is 27.8 Å². The number of rotatable bonds is 6. The number of aryl methyl sites for hydroxylation is 1. The average Bonchev–Trinajstić information content (AvgIpc) is 2.59. The zero-order valence-electron chi connectivity index (χ0n) is 21.5. The Bertz CT molecular complexity index is 835. The summed E-state index contributed by atoms with van der Waals surface area (Å²) >= 11 is 0. The van der Waals surface area contributed by atoms with Gasteiger partial charge in [0.1, 0.15) is 17.7 Å². The summed E-state index contributed by atoms with van der Waals surface area (Å²) in [5.74, 6) is -0.843. The Morgan fingerprint density at radius 2 is 1.56 bits per heavy atom. The molecule has 1 aromatic carbocycles. The van der Waals surface area contributed by atoms with E-state index in [4.69, 9.17) is 4.74 Å². The zero-order valence-corrected chi connectivity index (χ0v) is 21.5. The van der Waals surface area contributed by atoms with Crippen molar-refractivity contribution < 1.29 is 19.1 Å². The van der Waals surface area contributed by atoms with E-state index in [0.717, 1.165) is 16.7 Å². The fourth-order valence-electron chi connectivity index (χ4n) is 3.33. The molecule has 0 aliphatic carbocycles. The summed E-state index contributed by atoms with van der Waals surface area (Å²) in [7, 11) is 1.60. The van der Waals surface area contributed by atoms with Gasteiger partial charge in [0.05, 0.1) is 0 Å². The number of benzene rings is 1. The molecule has 0 heterocycles. The largest absolute Gasteiger partial charge is 0.444 e. The van der Waals surface area contributed by atoms with E-state index in [1.807, 2.05) is 66.7 Å². The van der Waals surface area contributed by atoms with Crippen LogP contribution < -0.4 is 10.6 Å². The predicted molar refractivity (Wildman–Crippen MR) is 127 cm³/mol. The summed E-state index contributed by atoms with van der Waals surface area (Å²) in [5.41, 5.74) is 1.58. The Morgan fingerprint density at radius 3 is 2.03 bits per heavy atom. The molecule has 0 aromatic heterocycles. The van der Waals surface area contributed by atoms with Gasteiger partial charge in [-0.3, -0.25) is 9.59 Å². The first-order chi connectivity index (χ1) is 14.4. The van der Waals surface area contributed by atoms with Gasteiger partial charge in [0.15, 0.2) is 0 Å². The van der Waals surface area contributed by atoms with Crippen molar-refractivity contribution in [3.8, 4) is 0 Å². The van der Waals surface area contributed by atoms with Crippen LogP contribution in [-0.2, 0) is 14.3 Å². The Labute approximate surface area is 193 Å². The Kier molecular flexibility index (Phi) is 8.90. The SMILES string of the molecule is Cc1cccc(C(C(=O)NC(C)(C)C)N(C)C(=O)C(NC(=O)OC(C)(C)C)C(C)C)c1C. The molecule has 0 aliphatic rings. The molecule has 1 rings (SSSR count). The molecule has 32 heavy (non-hydrogen) atoms. The van der Waals surface area contributed by atoms with Crippen LogP contribution in [0.2, 0.25) is 0 Å². The number of nitrogens with zero attached hydrogens (tertiary/aromatic N) is 1. The third-order valence-corrected chi connectivity index (χ3v) is 5.03. The summed E-state index contributed by atoms with van der Waals surface area (Å²) in [6.07, 6.45) is -0.666. The molecule has 3 amide bonds. The van der Waals surface area contributed by atoms with E-state index >= 15 is 0 Å². The molecule has 180 valence electrons. The van der Waals surface area contributed by atoms with Crippen molar-refractivity contribution in [2.75, 3.05) is 7.05 Å². The molecule has 0 bridgehead atoms. The van der Waals surface area contributed by atoms with Gasteiger partial charge in [0, 0.05) is 12.6 Å². The van der Waals surface area contributed by atoms with Crippen molar-refractivity contribution >= 4 is 17.9 Å². The fourth-order valence-corrected chi connectivity index (χ4v) is 3.33. The lowest BCUT2D eigenvalue weighted by molar-refractivity contribution is -0.142. The second-order valence-electron chi connectivity index (χ2n) is 10.7. The summed E-state index contributed by atoms with van der Waals surface area (Å²) in [6.45, 7) is 18.6. The lowest BCUT2D eigenvalue weighted by Gasteiger charge is -2.35. The van der Waals surface area contributed by atoms with Gasteiger partial charge < -0.3 is 20.3 Å². The Morgan fingerprint density at radius 1 is 1.00 bits per heavy atom. The molecule has 0 fully saturated rings. The first-order valence-electron chi connectivity index (χ1n) is 11.1. The van der Waals surface area contributed by atoms with Gasteiger partial charge in [0.2, 0.25) is 11.8 Å². The van der Waals surface area contributed by atoms with Gasteiger partial charge in [0.25, 0.3) is 0 Å². The highest BCUT2D eigenvalue weighted by molar-refractivity contribution is 5.92. The van der Waals surface area contributed by atoms with E-state index in [1.165, 1.54) is 4.90 Å². The lowest BCUT2D eigenvalue weighted by atomic mass is 9.94. The molecule has 0 aliphatic heterocycles. The van der Waals surface area contributed by atoms with Crippen LogP contribution >= 0.6 is 0 Å². The molecule has 2 atom stereocenters. The number of likely N-dealkylation sites (N-methyl/N-ethyl adjacent to an activating group) is 1. The van der Waals surface area contributed by atoms with E-state index in [2.05, 4.69) is 10.6 Å². The van der Waals surface area contributed by atoms with Crippen LogP contribution in [0.4, 0.5) is 4.79 Å². The molecule has 0 saturated carbocycles. The van der Waals surface area contributed by atoms with Crippen molar-refractivity contribution in [1.29, 1.82) is 0 Å². The number of carbonyl (C=O) groups is 3. The Hall–Kier alpha value is -2.57. The molecular weight excluding hydrogens is 406 g/mol. The number of hydrogen-bond donors (Lipinski definition) is 2. The van der Waals surface area contributed by atoms with Crippen LogP contribution in [-0.4, -0.2) is 47.0 Å². The van der Waals surface area contributed by atoms with Crippen LogP contribution in [0.1, 0.15) is 78.1 Å². The number of amides is 3. The van der Waals surface area contributed by atoms with E-state index in [9.17, 15) is 14.4 Å². The standard InChI is InChI=1S/C25H41N3O4/c1-15(2)19(26-23(31)32-25(8,9)10)22(30)28(11)20(21(29)27-24(5,6)7)18-14-12-13-16(3)17(18)4/h12-15,19-20H,1-11H3,(H,26,31)(H,27,29). The zero-order chi connectivity index (χ0) is 25.0. The van der Waals surface area contributed by atoms with Crippen LogP contribution in [0.25, 0.3) is 0 Å². The monoisotopic (exact) mass is 447 g/mol. The maximum atomic E-state index is 13.5. The second kappa shape index (κ2) is 10.4. The van der Waals surface area contributed by atoms with Crippen LogP contribution in [0.15, 0.2) is 18.2 Å². The smallest absolute Gasteiger partial charge is 0.408 e. The number of carbonyl (C=O) groups excluding carboxylic acids is 3. The predicted octanol–water partition coefficient (Wildman–Crippen LogP) is 4.27. The molecule has 7 heteroatoms. The minimum atomic E-state index is -0.844. The molecule has 2 N–H and O–H groups in total. The highest BCUT2D eigenvalue weighted by atomic mass is 16.6. The quantitative estimate of drug-likeness (QED) is 0.682. The van der Waals surface area contributed by atoms with Crippen LogP contribution in [0.5, 0.6) is 0 Å². The van der Waals surface area contributed by atoms with Gasteiger partial charge in [-0.2, -0.15) is 0 Å². The number of ether oxygens (including phenoxy) is 1. The normalized spacial score (nSPS) is 13.9. The first-order valence-corrected chi connectivity index (χ1v) is 11.1. The van der Waals surface area contributed by atoms with Crippen LogP contribution in [0, 0.1) is 19.8 Å². The molecule has 1 aromatic rings. The van der Waals surface area contributed by atoms with E-state index in [0.29, 0.717) is 0 Å². The maximum Gasteiger partial charge on any atom is 0.408 e. The number of hydrogen-bond acceptors (Lipinski definition) is 4. The van der Waals surface area contributed by atoms with Gasteiger partial charge in [-0.1, -0.05) is 32.0 Å². The topological polar surface area (TPSA) is 87.7 Å². The second-order valence-corrected chi connectivity index (χ2v) is 10.7. The lowest BCUT2D eigenvalue weighted by Crippen LogP contribution is -2.55. The molecule has 0 saturated heterocycles. The fraction of sp³-hybridized carbons (Fsp3) is 0.640. The van der Waals surface area contributed by atoms with E-state index in [-0.39, 0.29) is 17.7 Å². The van der Waals surface area contributed by atoms with Crippen molar-refractivity contribution in [3.05, 3.63) is 34.9 Å². The third-order valence-electron chi connectivity index (χ3n) is 5.03. The van der Waals surface area contributed by atoms with Gasteiger partial charge in [-0.05, 0) is 78.0 Å². The summed E-state index contributed by atoms with van der Waals surface area (Å²) < 4.78 is 5.34. The van der Waals surface area contributed by atoms with Crippen LogP contribution in [0.3, 0.4) is 0 Å². The van der Waals surface area contributed by atoms with Gasteiger partial charge in [-0.15, -0.1) is 0 Å². The van der Waals surface area contributed by atoms with Crippen molar-refractivity contribution in [1.82, 2.24) is 15.5 Å². The van der Waals surface area contributed by atoms with Crippen molar-refractivity contribution in [2.45, 2.75) is 92.5 Å². The Balaban J connectivity index is 3.35. The molecule has 0 radical (unpaired) electrons. The maximum absolute atomic E-state index is 13.5. The highest BCUT2D eigenvalue weighted by Gasteiger charge is 2.37. The van der Waals surface area contributed by atoms with Gasteiger partial charge >= 0.3 is 6.09 Å². The minimum Gasteiger partial charge on any atom is -0.444 e.